The van der Waals surface area contributed by atoms with Crippen molar-refractivity contribution in [2.24, 2.45) is 11.8 Å². The zero-order chi connectivity index (χ0) is 12.5. The first-order chi connectivity index (χ1) is 8.18. The van der Waals surface area contributed by atoms with Gasteiger partial charge in [0.15, 0.2) is 0 Å². The molecular formula is C14H30N2O. The number of hydrogen-bond acceptors (Lipinski definition) is 3. The normalized spacial score (nSPS) is 22.2. The molecule has 0 bridgehead atoms. The molecule has 1 rings (SSSR count). The maximum absolute atomic E-state index is 5.56. The highest BCUT2D eigenvalue weighted by Gasteiger charge is 2.16. The predicted molar refractivity (Wildman–Crippen MR) is 73.4 cm³/mol. The van der Waals surface area contributed by atoms with Gasteiger partial charge in [0.2, 0.25) is 0 Å². The molecule has 0 amide bonds. The van der Waals surface area contributed by atoms with Gasteiger partial charge >= 0.3 is 0 Å². The van der Waals surface area contributed by atoms with Crippen molar-refractivity contribution in [2.45, 2.75) is 33.1 Å². The van der Waals surface area contributed by atoms with Gasteiger partial charge < -0.3 is 15.0 Å². The van der Waals surface area contributed by atoms with Crippen molar-refractivity contribution >= 4 is 0 Å². The van der Waals surface area contributed by atoms with E-state index < -0.39 is 0 Å². The first kappa shape index (κ1) is 14.9. The Morgan fingerprint density at radius 1 is 1.41 bits per heavy atom. The molecule has 3 nitrogen and oxygen atoms in total. The number of nitrogens with zero attached hydrogens (tertiary/aromatic N) is 1. The summed E-state index contributed by atoms with van der Waals surface area (Å²) in [6.45, 7) is 11.0. The fourth-order valence-electron chi connectivity index (χ4n) is 2.36. The number of piperidine rings is 1. The van der Waals surface area contributed by atoms with Gasteiger partial charge in [0, 0.05) is 19.8 Å². The van der Waals surface area contributed by atoms with E-state index in [1.54, 1.807) is 0 Å². The molecule has 1 atom stereocenters. The van der Waals surface area contributed by atoms with E-state index in [1.807, 2.05) is 0 Å². The summed E-state index contributed by atoms with van der Waals surface area (Å²) in [5, 5.41) is 3.56. The minimum absolute atomic E-state index is 0.653. The van der Waals surface area contributed by atoms with Crippen LogP contribution in [0.25, 0.3) is 0 Å². The Labute approximate surface area is 107 Å². The van der Waals surface area contributed by atoms with E-state index in [0.29, 0.717) is 5.92 Å². The molecule has 0 radical (unpaired) electrons. The summed E-state index contributed by atoms with van der Waals surface area (Å²) in [5.41, 5.74) is 0. The van der Waals surface area contributed by atoms with Crippen LogP contribution in [0, 0.1) is 11.8 Å². The molecule has 1 aliphatic rings. The Balaban J connectivity index is 1.86. The Morgan fingerprint density at radius 2 is 2.24 bits per heavy atom. The van der Waals surface area contributed by atoms with Crippen molar-refractivity contribution in [3.05, 3.63) is 0 Å². The van der Waals surface area contributed by atoms with Crippen LogP contribution in [0.2, 0.25) is 0 Å². The Bertz CT molecular complexity index is 185. The van der Waals surface area contributed by atoms with Crippen LogP contribution in [-0.2, 0) is 4.74 Å². The molecule has 1 heterocycles. The van der Waals surface area contributed by atoms with Gasteiger partial charge in [-0.2, -0.15) is 0 Å². The second-order valence-electron chi connectivity index (χ2n) is 5.80. The molecule has 0 aromatic heterocycles. The van der Waals surface area contributed by atoms with Crippen LogP contribution < -0.4 is 5.32 Å². The molecule has 0 aliphatic carbocycles. The van der Waals surface area contributed by atoms with Gasteiger partial charge in [0.1, 0.15) is 0 Å². The lowest BCUT2D eigenvalue weighted by Crippen LogP contribution is -2.37. The Morgan fingerprint density at radius 3 is 2.94 bits per heavy atom. The van der Waals surface area contributed by atoms with Gasteiger partial charge in [0.05, 0.1) is 0 Å². The quantitative estimate of drug-likeness (QED) is 0.659. The third-order valence-corrected chi connectivity index (χ3v) is 3.25. The smallest absolute Gasteiger partial charge is 0.0489 e. The highest BCUT2D eigenvalue weighted by atomic mass is 16.5. The fourth-order valence-corrected chi connectivity index (χ4v) is 2.36. The molecule has 1 unspecified atom stereocenters. The van der Waals surface area contributed by atoms with Crippen molar-refractivity contribution in [3.8, 4) is 0 Å². The molecule has 1 fully saturated rings. The molecule has 17 heavy (non-hydrogen) atoms. The molecule has 0 saturated carbocycles. The minimum atomic E-state index is 0.653. The first-order valence-corrected chi connectivity index (χ1v) is 7.15. The van der Waals surface area contributed by atoms with E-state index in [1.165, 1.54) is 32.5 Å². The molecule has 1 N–H and O–H groups in total. The predicted octanol–water partition coefficient (Wildman–Crippen LogP) is 1.98. The lowest BCUT2D eigenvalue weighted by atomic mass is 9.98. The van der Waals surface area contributed by atoms with Crippen LogP contribution in [0.5, 0.6) is 0 Å². The third-order valence-electron chi connectivity index (χ3n) is 3.25. The van der Waals surface area contributed by atoms with Crippen LogP contribution in [0.4, 0.5) is 0 Å². The minimum Gasteiger partial charge on any atom is -0.381 e. The number of hydrogen-bond donors (Lipinski definition) is 1. The van der Waals surface area contributed by atoms with Crippen molar-refractivity contribution in [2.75, 3.05) is 46.4 Å². The first-order valence-electron chi connectivity index (χ1n) is 7.15. The summed E-state index contributed by atoms with van der Waals surface area (Å²) < 4.78 is 5.56. The SMILES string of the molecule is CC(C)COCCCNCC1CCCN(C)C1. The van der Waals surface area contributed by atoms with E-state index in [9.17, 15) is 0 Å². The van der Waals surface area contributed by atoms with Gasteiger partial charge in [-0.1, -0.05) is 13.8 Å². The van der Waals surface area contributed by atoms with Gasteiger partial charge in [-0.3, -0.25) is 0 Å². The van der Waals surface area contributed by atoms with Crippen molar-refractivity contribution in [1.82, 2.24) is 10.2 Å². The van der Waals surface area contributed by atoms with Crippen molar-refractivity contribution < 1.29 is 4.74 Å². The maximum atomic E-state index is 5.56. The average Bonchev–Trinajstić information content (AvgIpc) is 2.27. The largest absolute Gasteiger partial charge is 0.381 e. The standard InChI is InChI=1S/C14H30N2O/c1-13(2)12-17-9-5-7-15-10-14-6-4-8-16(3)11-14/h13-15H,4-12H2,1-3H3. The third kappa shape index (κ3) is 7.74. The van der Waals surface area contributed by atoms with E-state index in [0.717, 1.165) is 32.1 Å². The number of rotatable bonds is 8. The summed E-state index contributed by atoms with van der Waals surface area (Å²) in [7, 11) is 2.23. The van der Waals surface area contributed by atoms with Crippen LogP contribution >= 0.6 is 0 Å². The molecular weight excluding hydrogens is 212 g/mol. The summed E-state index contributed by atoms with van der Waals surface area (Å²) in [4.78, 5) is 2.45. The van der Waals surface area contributed by atoms with Crippen LogP contribution in [0.1, 0.15) is 33.1 Å². The van der Waals surface area contributed by atoms with Crippen LogP contribution in [0.3, 0.4) is 0 Å². The van der Waals surface area contributed by atoms with E-state index in [-0.39, 0.29) is 0 Å². The summed E-state index contributed by atoms with van der Waals surface area (Å²) in [5.74, 6) is 1.51. The number of ether oxygens (including phenoxy) is 1. The van der Waals surface area contributed by atoms with Crippen LogP contribution in [-0.4, -0.2) is 51.3 Å². The second kappa shape index (κ2) is 8.90. The van der Waals surface area contributed by atoms with E-state index >= 15 is 0 Å². The average molecular weight is 242 g/mol. The second-order valence-corrected chi connectivity index (χ2v) is 5.80. The molecule has 102 valence electrons. The lowest BCUT2D eigenvalue weighted by Gasteiger charge is -2.29. The molecule has 1 saturated heterocycles. The zero-order valence-corrected chi connectivity index (χ0v) is 11.9. The highest BCUT2D eigenvalue weighted by molar-refractivity contribution is 4.72. The molecule has 0 spiro atoms. The monoisotopic (exact) mass is 242 g/mol. The molecule has 1 aliphatic heterocycles. The fraction of sp³-hybridized carbons (Fsp3) is 1.00. The number of likely N-dealkylation sites (tertiary alicyclic amines) is 1. The Kier molecular flexibility index (Phi) is 7.82. The van der Waals surface area contributed by atoms with E-state index in [2.05, 4.69) is 31.1 Å². The van der Waals surface area contributed by atoms with Gasteiger partial charge in [-0.25, -0.2) is 0 Å². The number of nitrogens with one attached hydrogen (secondary N) is 1. The molecule has 3 heteroatoms. The van der Waals surface area contributed by atoms with Gasteiger partial charge in [-0.05, 0) is 57.8 Å². The Hall–Kier alpha value is -0.120. The summed E-state index contributed by atoms with van der Waals surface area (Å²) in [6, 6.07) is 0. The molecule has 0 aromatic rings. The zero-order valence-electron chi connectivity index (χ0n) is 11.9. The highest BCUT2D eigenvalue weighted by Crippen LogP contribution is 2.13. The van der Waals surface area contributed by atoms with E-state index in [4.69, 9.17) is 4.74 Å². The maximum Gasteiger partial charge on any atom is 0.0489 e. The topological polar surface area (TPSA) is 24.5 Å². The summed E-state index contributed by atoms with van der Waals surface area (Å²) in [6.07, 6.45) is 3.89. The van der Waals surface area contributed by atoms with Gasteiger partial charge in [0.25, 0.3) is 0 Å². The molecule has 0 aromatic carbocycles. The van der Waals surface area contributed by atoms with Crippen LogP contribution in [0.15, 0.2) is 0 Å². The van der Waals surface area contributed by atoms with Crippen molar-refractivity contribution in [1.29, 1.82) is 0 Å². The van der Waals surface area contributed by atoms with Crippen molar-refractivity contribution in [3.63, 3.8) is 0 Å². The van der Waals surface area contributed by atoms with Gasteiger partial charge in [-0.15, -0.1) is 0 Å². The lowest BCUT2D eigenvalue weighted by molar-refractivity contribution is 0.107. The summed E-state index contributed by atoms with van der Waals surface area (Å²) >= 11 is 0.